The minimum absolute atomic E-state index is 0.0274. The molecule has 0 unspecified atom stereocenters. The molecule has 2 aromatic heterocycles. The molecule has 0 aliphatic carbocycles. The normalized spacial score (nSPS) is 14.6. The highest BCUT2D eigenvalue weighted by Gasteiger charge is 2.23. The van der Waals surface area contributed by atoms with Crippen molar-refractivity contribution >= 4 is 34.4 Å². The number of nitrogens with two attached hydrogens (primary N) is 1. The van der Waals surface area contributed by atoms with Crippen LogP contribution in [0.25, 0.3) is 22.3 Å². The van der Waals surface area contributed by atoms with Crippen molar-refractivity contribution in [3.05, 3.63) is 59.4 Å². The minimum atomic E-state index is -0.484. The van der Waals surface area contributed by atoms with Gasteiger partial charge in [-0.05, 0) is 30.3 Å². The van der Waals surface area contributed by atoms with Gasteiger partial charge in [0.1, 0.15) is 24.0 Å². The molecule has 0 saturated carbocycles. The lowest BCUT2D eigenvalue weighted by molar-refractivity contribution is 0.200. The van der Waals surface area contributed by atoms with E-state index in [0.717, 1.165) is 38.5 Å². The molecule has 4 aromatic rings. The third kappa shape index (κ3) is 4.49. The maximum atomic E-state index is 13.8. The van der Waals surface area contributed by atoms with Gasteiger partial charge in [-0.2, -0.15) is 10.1 Å². The predicted octanol–water partition coefficient (Wildman–Crippen LogP) is 3.61. The Morgan fingerprint density at radius 1 is 1.06 bits per heavy atom. The van der Waals surface area contributed by atoms with Crippen LogP contribution in [0.1, 0.15) is 0 Å². The number of fused-ring (bicyclic) bond motifs is 1. The number of nitrogen functional groups attached to an aromatic ring is 1. The zero-order valence-electron chi connectivity index (χ0n) is 18.8. The van der Waals surface area contributed by atoms with E-state index < -0.39 is 5.82 Å². The van der Waals surface area contributed by atoms with Crippen molar-refractivity contribution in [1.82, 2.24) is 24.6 Å². The van der Waals surface area contributed by atoms with E-state index in [9.17, 15) is 4.39 Å². The van der Waals surface area contributed by atoms with E-state index in [2.05, 4.69) is 19.9 Å². The van der Waals surface area contributed by atoms with Gasteiger partial charge < -0.3 is 15.4 Å². The summed E-state index contributed by atoms with van der Waals surface area (Å²) in [5.41, 5.74) is 8.01. The Balaban J connectivity index is 1.33. The number of hydrogen-bond donors (Lipinski definition) is 1. The fourth-order valence-corrected chi connectivity index (χ4v) is 4.26. The van der Waals surface area contributed by atoms with Gasteiger partial charge in [0.25, 0.3) is 0 Å². The molecule has 2 aromatic carbocycles. The first-order valence-corrected chi connectivity index (χ1v) is 11.5. The number of piperazine rings is 1. The van der Waals surface area contributed by atoms with Gasteiger partial charge in [-0.25, -0.2) is 9.37 Å². The van der Waals surface area contributed by atoms with Crippen molar-refractivity contribution < 1.29 is 9.13 Å². The SMILES string of the molecule is Cn1nc2nc(N3CCN(CCOc4ccccc4)CC3)nc(-c3ccc(F)c(Cl)c3)c2c1N. The van der Waals surface area contributed by atoms with Gasteiger partial charge >= 0.3 is 0 Å². The molecule has 10 heteroatoms. The van der Waals surface area contributed by atoms with Crippen LogP contribution >= 0.6 is 11.6 Å². The molecule has 3 heterocycles. The molecule has 0 amide bonds. The zero-order chi connectivity index (χ0) is 23.7. The summed E-state index contributed by atoms with van der Waals surface area (Å²) in [4.78, 5) is 14.0. The standard InChI is InChI=1S/C24H25ClFN7O/c1-31-22(27)20-21(16-7-8-19(26)18(25)15-16)28-24(29-23(20)30-31)33-11-9-32(10-12-33)13-14-34-17-5-3-2-4-6-17/h2-8,15H,9-14,27H2,1H3. The average molecular weight is 482 g/mol. The number of para-hydroxylation sites is 1. The molecule has 1 aliphatic rings. The number of halogens is 2. The first-order chi connectivity index (χ1) is 16.5. The van der Waals surface area contributed by atoms with Crippen molar-refractivity contribution in [3.8, 4) is 17.0 Å². The first-order valence-electron chi connectivity index (χ1n) is 11.1. The molecule has 0 radical (unpaired) electrons. The highest BCUT2D eigenvalue weighted by molar-refractivity contribution is 6.31. The molecule has 2 N–H and O–H groups in total. The zero-order valence-corrected chi connectivity index (χ0v) is 19.5. The van der Waals surface area contributed by atoms with Crippen LogP contribution in [-0.4, -0.2) is 64.0 Å². The number of ether oxygens (including phenoxy) is 1. The third-order valence-corrected chi connectivity index (χ3v) is 6.28. The Hall–Kier alpha value is -3.43. The Kier molecular flexibility index (Phi) is 6.21. The fraction of sp³-hybridized carbons (Fsp3) is 0.292. The smallest absolute Gasteiger partial charge is 0.228 e. The van der Waals surface area contributed by atoms with Gasteiger partial charge in [-0.1, -0.05) is 29.8 Å². The van der Waals surface area contributed by atoms with Crippen LogP contribution in [-0.2, 0) is 7.05 Å². The third-order valence-electron chi connectivity index (χ3n) is 6.00. The monoisotopic (exact) mass is 481 g/mol. The number of anilines is 2. The number of nitrogens with zero attached hydrogens (tertiary/aromatic N) is 6. The number of hydrogen-bond acceptors (Lipinski definition) is 7. The summed E-state index contributed by atoms with van der Waals surface area (Å²) in [7, 11) is 1.76. The molecule has 1 fully saturated rings. The van der Waals surface area contributed by atoms with Crippen LogP contribution in [0.4, 0.5) is 16.2 Å². The summed E-state index contributed by atoms with van der Waals surface area (Å²) >= 11 is 6.05. The van der Waals surface area contributed by atoms with Crippen LogP contribution in [0.2, 0.25) is 5.02 Å². The van der Waals surface area contributed by atoms with Crippen LogP contribution in [0.3, 0.4) is 0 Å². The topological polar surface area (TPSA) is 85.3 Å². The Bertz CT molecular complexity index is 1310. The van der Waals surface area contributed by atoms with Crippen molar-refractivity contribution in [2.75, 3.05) is 50.0 Å². The largest absolute Gasteiger partial charge is 0.492 e. The maximum absolute atomic E-state index is 13.8. The summed E-state index contributed by atoms with van der Waals surface area (Å²) in [6.45, 7) is 4.74. The number of rotatable bonds is 6. The molecular formula is C24H25ClFN7O. The van der Waals surface area contributed by atoms with Crippen molar-refractivity contribution in [1.29, 1.82) is 0 Å². The minimum Gasteiger partial charge on any atom is -0.492 e. The Morgan fingerprint density at radius 3 is 2.56 bits per heavy atom. The number of aromatic nitrogens is 4. The van der Waals surface area contributed by atoms with Gasteiger partial charge in [0, 0.05) is 45.3 Å². The van der Waals surface area contributed by atoms with Crippen LogP contribution < -0.4 is 15.4 Å². The van der Waals surface area contributed by atoms with E-state index in [1.54, 1.807) is 23.9 Å². The highest BCUT2D eigenvalue weighted by atomic mass is 35.5. The molecule has 1 aliphatic heterocycles. The number of aryl methyl sites for hydroxylation is 1. The van der Waals surface area contributed by atoms with Gasteiger partial charge in [-0.15, -0.1) is 0 Å². The second-order valence-corrected chi connectivity index (χ2v) is 8.61. The lowest BCUT2D eigenvalue weighted by atomic mass is 10.1. The van der Waals surface area contributed by atoms with Crippen molar-refractivity contribution in [2.24, 2.45) is 7.05 Å². The molecule has 1 saturated heterocycles. The molecule has 0 atom stereocenters. The van der Waals surface area contributed by atoms with E-state index in [0.29, 0.717) is 40.7 Å². The maximum Gasteiger partial charge on any atom is 0.228 e. The van der Waals surface area contributed by atoms with E-state index in [-0.39, 0.29) is 5.02 Å². The molecule has 176 valence electrons. The second kappa shape index (κ2) is 9.44. The van der Waals surface area contributed by atoms with Crippen molar-refractivity contribution in [3.63, 3.8) is 0 Å². The number of benzene rings is 2. The Labute approximate surface area is 201 Å². The second-order valence-electron chi connectivity index (χ2n) is 8.20. The van der Waals surface area contributed by atoms with Gasteiger partial charge in [0.05, 0.1) is 16.1 Å². The fourth-order valence-electron chi connectivity index (χ4n) is 4.08. The molecule has 8 nitrogen and oxygen atoms in total. The average Bonchev–Trinajstić information content (AvgIpc) is 3.14. The van der Waals surface area contributed by atoms with Crippen LogP contribution in [0.15, 0.2) is 48.5 Å². The van der Waals surface area contributed by atoms with E-state index in [1.165, 1.54) is 6.07 Å². The lowest BCUT2D eigenvalue weighted by Gasteiger charge is -2.34. The van der Waals surface area contributed by atoms with Crippen LogP contribution in [0, 0.1) is 5.82 Å². The van der Waals surface area contributed by atoms with E-state index >= 15 is 0 Å². The van der Waals surface area contributed by atoms with Gasteiger partial charge in [0.2, 0.25) is 5.95 Å². The van der Waals surface area contributed by atoms with Crippen molar-refractivity contribution in [2.45, 2.75) is 0 Å². The van der Waals surface area contributed by atoms with Gasteiger partial charge in [0.15, 0.2) is 5.65 Å². The van der Waals surface area contributed by atoms with E-state index in [1.807, 2.05) is 30.3 Å². The quantitative estimate of drug-likeness (QED) is 0.450. The lowest BCUT2D eigenvalue weighted by Crippen LogP contribution is -2.48. The molecule has 0 bridgehead atoms. The molecule has 34 heavy (non-hydrogen) atoms. The summed E-state index contributed by atoms with van der Waals surface area (Å²) in [6, 6.07) is 14.4. The first kappa shape index (κ1) is 22.4. The van der Waals surface area contributed by atoms with Gasteiger partial charge in [-0.3, -0.25) is 9.58 Å². The molecule has 5 rings (SSSR count). The summed E-state index contributed by atoms with van der Waals surface area (Å²) in [6.07, 6.45) is 0. The summed E-state index contributed by atoms with van der Waals surface area (Å²) in [5.74, 6) is 1.41. The van der Waals surface area contributed by atoms with Crippen LogP contribution in [0.5, 0.6) is 5.75 Å². The highest BCUT2D eigenvalue weighted by Crippen LogP contribution is 2.33. The molecule has 0 spiro atoms. The summed E-state index contributed by atoms with van der Waals surface area (Å²) in [5, 5.41) is 5.12. The predicted molar refractivity (Wildman–Crippen MR) is 132 cm³/mol. The Morgan fingerprint density at radius 2 is 1.82 bits per heavy atom. The summed E-state index contributed by atoms with van der Waals surface area (Å²) < 4.78 is 21.2. The van der Waals surface area contributed by atoms with E-state index in [4.69, 9.17) is 27.1 Å². The molecular weight excluding hydrogens is 457 g/mol.